The molecule has 1 N–H and O–H groups in total. The van der Waals surface area contributed by atoms with E-state index in [1.54, 1.807) is 0 Å². The number of nitrogens with one attached hydrogen (secondary N) is 1. The first-order valence-corrected chi connectivity index (χ1v) is 4.27. The molecule has 2 fully saturated rings. The molecule has 2 aliphatic heterocycles. The second-order valence-corrected chi connectivity index (χ2v) is 3.45. The summed E-state index contributed by atoms with van der Waals surface area (Å²) in [4.78, 5) is 5.72. The first-order valence-electron chi connectivity index (χ1n) is 4.27. The molecule has 2 nitrogen and oxygen atoms in total. The molecule has 3 rings (SSSR count). The summed E-state index contributed by atoms with van der Waals surface area (Å²) in [6.45, 7) is 1.30. The molecule has 0 spiro atoms. The minimum absolute atomic E-state index is 0.718. The molecule has 2 saturated heterocycles. The summed E-state index contributed by atoms with van der Waals surface area (Å²) in [6, 6.07) is 5.69. The van der Waals surface area contributed by atoms with Crippen LogP contribution in [-0.2, 0) is 0 Å². The molecule has 0 aliphatic carbocycles. The highest BCUT2D eigenvalue weighted by molar-refractivity contribution is 5.21. The lowest BCUT2D eigenvalue weighted by Gasteiger charge is -1.98. The van der Waals surface area contributed by atoms with E-state index in [9.17, 15) is 0 Å². The average molecular weight is 147 g/mol. The van der Waals surface area contributed by atoms with Crippen molar-refractivity contribution in [2.45, 2.75) is 24.9 Å². The number of nitrogens with zero attached hydrogens (tertiary/aromatic N) is 1. The maximum atomic E-state index is 3.16. The Hall–Kier alpha value is -0.760. The van der Waals surface area contributed by atoms with Gasteiger partial charge in [0.05, 0.1) is 12.2 Å². The van der Waals surface area contributed by atoms with E-state index in [1.807, 2.05) is 6.07 Å². The topological polar surface area (TPSA) is 18.8 Å². The molecule has 0 bridgehead atoms. The Morgan fingerprint density at radius 1 is 1.64 bits per heavy atom. The van der Waals surface area contributed by atoms with Crippen LogP contribution in [0.4, 0.5) is 0 Å². The van der Waals surface area contributed by atoms with Gasteiger partial charge in [0.25, 0.3) is 0 Å². The second kappa shape index (κ2) is 1.89. The van der Waals surface area contributed by atoms with E-state index >= 15 is 0 Å². The van der Waals surface area contributed by atoms with Gasteiger partial charge in [0.1, 0.15) is 0 Å². The Kier molecular flexibility index (Phi) is 1.00. The molecule has 1 radical (unpaired) electrons. The molecule has 0 aromatic carbocycles. The number of hydrogen-bond donors (Lipinski definition) is 1. The van der Waals surface area contributed by atoms with E-state index in [4.69, 9.17) is 0 Å². The number of aromatic amines is 1. The van der Waals surface area contributed by atoms with Crippen molar-refractivity contribution in [2.24, 2.45) is 0 Å². The summed E-state index contributed by atoms with van der Waals surface area (Å²) in [5.41, 5.74) is 1.36. The molecule has 3 heterocycles. The zero-order valence-electron chi connectivity index (χ0n) is 6.38. The highest BCUT2D eigenvalue weighted by Gasteiger charge is 2.51. The monoisotopic (exact) mass is 147 g/mol. The Labute approximate surface area is 66.2 Å². The fourth-order valence-corrected chi connectivity index (χ4v) is 2.30. The minimum Gasteiger partial charge on any atom is -0.356 e. The van der Waals surface area contributed by atoms with Crippen LogP contribution in [0.1, 0.15) is 24.6 Å². The van der Waals surface area contributed by atoms with E-state index in [-0.39, 0.29) is 0 Å². The Balaban J connectivity index is 1.85. The van der Waals surface area contributed by atoms with Crippen molar-refractivity contribution >= 4 is 0 Å². The van der Waals surface area contributed by atoms with Crippen molar-refractivity contribution in [2.75, 3.05) is 6.54 Å². The van der Waals surface area contributed by atoms with Crippen LogP contribution in [0, 0.1) is 6.20 Å². The quantitative estimate of drug-likeness (QED) is 0.594. The number of aromatic nitrogens is 1. The van der Waals surface area contributed by atoms with Crippen LogP contribution < -0.4 is 0 Å². The minimum atomic E-state index is 0.718. The van der Waals surface area contributed by atoms with Crippen molar-refractivity contribution in [3.05, 3.63) is 24.0 Å². The van der Waals surface area contributed by atoms with Crippen LogP contribution in [0.3, 0.4) is 0 Å². The molecular weight excluding hydrogens is 136 g/mol. The van der Waals surface area contributed by atoms with Gasteiger partial charge in [0.2, 0.25) is 0 Å². The molecule has 1 aromatic rings. The van der Waals surface area contributed by atoms with Gasteiger partial charge in [-0.15, -0.1) is 0 Å². The highest BCUT2D eigenvalue weighted by atomic mass is 15.4. The summed E-state index contributed by atoms with van der Waals surface area (Å²) in [6.07, 6.45) is 5.78. The van der Waals surface area contributed by atoms with Crippen LogP contribution in [0.15, 0.2) is 12.1 Å². The largest absolute Gasteiger partial charge is 0.356 e. The highest BCUT2D eigenvalue weighted by Crippen LogP contribution is 2.48. The van der Waals surface area contributed by atoms with Crippen molar-refractivity contribution in [1.29, 1.82) is 0 Å². The lowest BCUT2D eigenvalue weighted by atomic mass is 10.1. The molecule has 0 amide bonds. The van der Waals surface area contributed by atoms with Crippen LogP contribution in [0.5, 0.6) is 0 Å². The predicted molar refractivity (Wildman–Crippen MR) is 42.1 cm³/mol. The van der Waals surface area contributed by atoms with E-state index < -0.39 is 0 Å². The Bertz CT molecular complexity index is 243. The normalized spacial score (nSPS) is 40.5. The van der Waals surface area contributed by atoms with Gasteiger partial charge in [-0.05, 0) is 31.5 Å². The molecule has 11 heavy (non-hydrogen) atoms. The standard InChI is InChI=1S/C9H11N2/c1-3-7(10-5-1)9-8-4-2-6-11(8)9/h1,3,8-10H,2,4,6H2. The van der Waals surface area contributed by atoms with Gasteiger partial charge in [0.15, 0.2) is 0 Å². The zero-order chi connectivity index (χ0) is 7.26. The molecule has 57 valence electrons. The van der Waals surface area contributed by atoms with E-state index in [0.29, 0.717) is 0 Å². The smallest absolute Gasteiger partial charge is 0.0659 e. The molecule has 3 unspecified atom stereocenters. The van der Waals surface area contributed by atoms with Gasteiger partial charge in [-0.3, -0.25) is 4.90 Å². The zero-order valence-corrected chi connectivity index (χ0v) is 6.38. The van der Waals surface area contributed by atoms with Crippen molar-refractivity contribution in [1.82, 2.24) is 9.88 Å². The van der Waals surface area contributed by atoms with Crippen LogP contribution in [0.2, 0.25) is 0 Å². The van der Waals surface area contributed by atoms with Crippen LogP contribution in [0.25, 0.3) is 0 Å². The Morgan fingerprint density at radius 3 is 3.27 bits per heavy atom. The lowest BCUT2D eigenvalue weighted by Crippen LogP contribution is -1.96. The first-order chi connectivity index (χ1) is 5.47. The van der Waals surface area contributed by atoms with E-state index in [1.165, 1.54) is 25.1 Å². The summed E-state index contributed by atoms with van der Waals surface area (Å²) in [5.74, 6) is 0. The number of hydrogen-bond acceptors (Lipinski definition) is 1. The van der Waals surface area contributed by atoms with Crippen molar-refractivity contribution in [3.8, 4) is 0 Å². The molecule has 2 heteroatoms. The molecule has 3 atom stereocenters. The van der Waals surface area contributed by atoms with E-state index in [0.717, 1.165) is 12.1 Å². The van der Waals surface area contributed by atoms with Crippen LogP contribution >= 0.6 is 0 Å². The van der Waals surface area contributed by atoms with Gasteiger partial charge >= 0.3 is 0 Å². The maximum Gasteiger partial charge on any atom is 0.0659 e. The fraction of sp³-hybridized carbons (Fsp3) is 0.556. The maximum absolute atomic E-state index is 3.16. The second-order valence-electron chi connectivity index (χ2n) is 3.45. The number of H-pyrrole nitrogens is 1. The van der Waals surface area contributed by atoms with Crippen molar-refractivity contribution < 1.29 is 0 Å². The van der Waals surface area contributed by atoms with Gasteiger partial charge < -0.3 is 4.98 Å². The summed E-state index contributed by atoms with van der Waals surface area (Å²) < 4.78 is 0. The molecule has 2 aliphatic rings. The van der Waals surface area contributed by atoms with E-state index in [2.05, 4.69) is 22.1 Å². The van der Waals surface area contributed by atoms with Gasteiger partial charge in [-0.1, -0.05) is 0 Å². The van der Waals surface area contributed by atoms with Gasteiger partial charge in [-0.2, -0.15) is 0 Å². The summed E-state index contributed by atoms with van der Waals surface area (Å²) in [7, 11) is 0. The number of rotatable bonds is 1. The van der Waals surface area contributed by atoms with Gasteiger partial charge in [-0.25, -0.2) is 0 Å². The summed E-state index contributed by atoms with van der Waals surface area (Å²) >= 11 is 0. The molecule has 1 aromatic heterocycles. The SMILES string of the molecule is [c]1ccc(C2C3CCCN32)[nH]1. The molecular formula is C9H11N2. The average Bonchev–Trinajstić information content (AvgIpc) is 2.57. The number of fused-ring (bicyclic) bond motifs is 1. The Morgan fingerprint density at radius 2 is 2.64 bits per heavy atom. The summed E-state index contributed by atoms with van der Waals surface area (Å²) in [5, 5.41) is 0. The fourth-order valence-electron chi connectivity index (χ4n) is 2.30. The van der Waals surface area contributed by atoms with Gasteiger partial charge in [0, 0.05) is 11.7 Å². The first kappa shape index (κ1) is 5.84. The molecule has 0 saturated carbocycles. The third-order valence-corrected chi connectivity index (χ3v) is 2.86. The third-order valence-electron chi connectivity index (χ3n) is 2.86. The lowest BCUT2D eigenvalue weighted by molar-refractivity contribution is 0.536. The number of piperidine rings is 1. The van der Waals surface area contributed by atoms with Crippen molar-refractivity contribution in [3.63, 3.8) is 0 Å². The third kappa shape index (κ3) is 0.703. The van der Waals surface area contributed by atoms with Crippen LogP contribution in [-0.4, -0.2) is 22.5 Å². The predicted octanol–water partition coefficient (Wildman–Crippen LogP) is 1.33.